The predicted molar refractivity (Wildman–Crippen MR) is 123 cm³/mol. The van der Waals surface area contributed by atoms with Crippen molar-refractivity contribution in [3.05, 3.63) is 29.8 Å². The molecule has 1 aliphatic rings. The number of ether oxygens (including phenoxy) is 1. The zero-order chi connectivity index (χ0) is 25.0. The Morgan fingerprint density at radius 2 is 1.62 bits per heavy atom. The van der Waals surface area contributed by atoms with E-state index in [0.29, 0.717) is 37.1 Å². The van der Waals surface area contributed by atoms with Crippen molar-refractivity contribution >= 4 is 35.4 Å². The van der Waals surface area contributed by atoms with E-state index in [-0.39, 0.29) is 43.8 Å². The van der Waals surface area contributed by atoms with Crippen molar-refractivity contribution in [2.24, 2.45) is 11.5 Å². The van der Waals surface area contributed by atoms with Gasteiger partial charge in [-0.05, 0) is 43.4 Å². The fourth-order valence-electron chi connectivity index (χ4n) is 3.09. The summed E-state index contributed by atoms with van der Waals surface area (Å²) in [7, 11) is 0. The maximum Gasteiger partial charge on any atom is 0.404 e. The van der Waals surface area contributed by atoms with Crippen LogP contribution in [-0.4, -0.2) is 54.9 Å². The molecule has 0 bridgehead atoms. The van der Waals surface area contributed by atoms with E-state index in [0.717, 1.165) is 12.8 Å². The molecule has 1 saturated carbocycles. The molecule has 1 aromatic rings. The molecule has 0 atom stereocenters. The second kappa shape index (κ2) is 13.1. The van der Waals surface area contributed by atoms with E-state index in [1.807, 2.05) is 0 Å². The number of hydrogen-bond donors (Lipinski definition) is 6. The number of hydrogen-bond acceptors (Lipinski definition) is 7. The standard InChI is InChI=1S/C22H32N6O6/c23-12-18(30)25-11-3-1-2-4-17(29)26-13-19(31)28-22(9-10-22)20(32)27-16-7-5-15(6-8-16)14-34-21(24)33/h5-8H,1-4,9-14,23H2,(H2,24,33)(H,25,30)(H,26,29)(H,27,32)(H,28,31). The van der Waals surface area contributed by atoms with Crippen LogP contribution in [0.5, 0.6) is 0 Å². The van der Waals surface area contributed by atoms with Gasteiger partial charge in [-0.15, -0.1) is 0 Å². The molecule has 0 aliphatic heterocycles. The van der Waals surface area contributed by atoms with Crippen molar-refractivity contribution in [3.8, 4) is 0 Å². The number of benzene rings is 1. The Hall–Kier alpha value is -3.67. The average molecular weight is 477 g/mol. The fraction of sp³-hybridized carbons (Fsp3) is 0.500. The number of nitrogens with one attached hydrogen (secondary N) is 4. The molecule has 5 amide bonds. The van der Waals surface area contributed by atoms with Gasteiger partial charge in [-0.25, -0.2) is 4.79 Å². The zero-order valence-electron chi connectivity index (χ0n) is 19.0. The summed E-state index contributed by atoms with van der Waals surface area (Å²) in [4.78, 5) is 58.4. The van der Waals surface area contributed by atoms with Gasteiger partial charge in [0.15, 0.2) is 0 Å². The van der Waals surface area contributed by atoms with Gasteiger partial charge in [-0.3, -0.25) is 19.2 Å². The van der Waals surface area contributed by atoms with E-state index in [4.69, 9.17) is 16.2 Å². The quantitative estimate of drug-likeness (QED) is 0.197. The van der Waals surface area contributed by atoms with E-state index in [2.05, 4.69) is 21.3 Å². The SMILES string of the molecule is NCC(=O)NCCCCCC(=O)NCC(=O)NC1(C(=O)Nc2ccc(COC(N)=O)cc2)CC1. The molecular weight excluding hydrogens is 444 g/mol. The van der Waals surface area contributed by atoms with Gasteiger partial charge in [0.1, 0.15) is 12.1 Å². The molecule has 2 rings (SSSR count). The summed E-state index contributed by atoms with van der Waals surface area (Å²) in [6.45, 7) is 0.283. The Labute approximate surface area is 197 Å². The molecule has 0 spiro atoms. The van der Waals surface area contributed by atoms with Gasteiger partial charge < -0.3 is 37.5 Å². The van der Waals surface area contributed by atoms with Crippen LogP contribution in [0.4, 0.5) is 10.5 Å². The third kappa shape index (κ3) is 9.45. The lowest BCUT2D eigenvalue weighted by Gasteiger charge is -2.17. The first kappa shape index (κ1) is 26.6. The summed E-state index contributed by atoms with van der Waals surface area (Å²) in [5.41, 5.74) is 10.4. The third-order valence-electron chi connectivity index (χ3n) is 5.19. The van der Waals surface area contributed by atoms with Crippen LogP contribution in [0.25, 0.3) is 0 Å². The normalized spacial score (nSPS) is 13.3. The van der Waals surface area contributed by atoms with Gasteiger partial charge >= 0.3 is 6.09 Å². The van der Waals surface area contributed by atoms with Crippen LogP contribution in [-0.2, 0) is 30.5 Å². The summed E-state index contributed by atoms with van der Waals surface area (Å²) >= 11 is 0. The number of anilines is 1. The molecule has 0 radical (unpaired) electrons. The van der Waals surface area contributed by atoms with Crippen LogP contribution < -0.4 is 32.7 Å². The summed E-state index contributed by atoms with van der Waals surface area (Å²) in [5.74, 6) is -1.24. The summed E-state index contributed by atoms with van der Waals surface area (Å²) in [6.07, 6.45) is 2.53. The fourth-order valence-corrected chi connectivity index (χ4v) is 3.09. The van der Waals surface area contributed by atoms with Crippen LogP contribution in [0.3, 0.4) is 0 Å². The first-order chi connectivity index (χ1) is 16.2. The molecule has 12 nitrogen and oxygen atoms in total. The maximum atomic E-state index is 12.6. The summed E-state index contributed by atoms with van der Waals surface area (Å²) in [6, 6.07) is 6.68. The molecule has 12 heteroatoms. The molecule has 8 N–H and O–H groups in total. The van der Waals surface area contributed by atoms with Crippen LogP contribution >= 0.6 is 0 Å². The van der Waals surface area contributed by atoms with Crippen LogP contribution in [0.15, 0.2) is 24.3 Å². The molecule has 0 saturated heterocycles. The highest BCUT2D eigenvalue weighted by atomic mass is 16.5. The molecule has 1 aliphatic carbocycles. The minimum Gasteiger partial charge on any atom is -0.445 e. The lowest BCUT2D eigenvalue weighted by atomic mass is 10.2. The highest BCUT2D eigenvalue weighted by Gasteiger charge is 2.51. The van der Waals surface area contributed by atoms with Crippen molar-refractivity contribution in [1.82, 2.24) is 16.0 Å². The van der Waals surface area contributed by atoms with Crippen molar-refractivity contribution in [2.45, 2.75) is 50.7 Å². The second-order valence-electron chi connectivity index (χ2n) is 8.03. The van der Waals surface area contributed by atoms with Crippen LogP contribution in [0.1, 0.15) is 44.1 Å². The Morgan fingerprint density at radius 1 is 0.912 bits per heavy atom. The van der Waals surface area contributed by atoms with E-state index in [9.17, 15) is 24.0 Å². The van der Waals surface area contributed by atoms with Gasteiger partial charge in [-0.1, -0.05) is 18.6 Å². The smallest absolute Gasteiger partial charge is 0.404 e. The topological polar surface area (TPSA) is 195 Å². The van der Waals surface area contributed by atoms with E-state index >= 15 is 0 Å². The van der Waals surface area contributed by atoms with Crippen LogP contribution in [0, 0.1) is 0 Å². The summed E-state index contributed by atoms with van der Waals surface area (Å²) in [5, 5.41) is 10.7. The largest absolute Gasteiger partial charge is 0.445 e. The highest BCUT2D eigenvalue weighted by molar-refractivity contribution is 6.03. The predicted octanol–water partition coefficient (Wildman–Crippen LogP) is -0.379. The Kier molecular flexibility index (Phi) is 10.3. The molecule has 1 fully saturated rings. The number of nitrogens with two attached hydrogens (primary N) is 2. The third-order valence-corrected chi connectivity index (χ3v) is 5.19. The second-order valence-corrected chi connectivity index (χ2v) is 8.03. The number of carbonyl (C=O) groups excluding carboxylic acids is 5. The lowest BCUT2D eigenvalue weighted by Crippen LogP contribution is -2.49. The van der Waals surface area contributed by atoms with Gasteiger partial charge in [0.2, 0.25) is 23.6 Å². The molecule has 0 unspecified atom stereocenters. The molecule has 186 valence electrons. The summed E-state index contributed by atoms with van der Waals surface area (Å²) < 4.78 is 4.70. The molecule has 34 heavy (non-hydrogen) atoms. The number of primary amides is 1. The van der Waals surface area contributed by atoms with E-state index in [1.54, 1.807) is 24.3 Å². The molecule has 1 aromatic carbocycles. The zero-order valence-corrected chi connectivity index (χ0v) is 19.0. The van der Waals surface area contributed by atoms with E-state index < -0.39 is 17.5 Å². The van der Waals surface area contributed by atoms with E-state index in [1.165, 1.54) is 0 Å². The lowest BCUT2D eigenvalue weighted by molar-refractivity contribution is -0.128. The van der Waals surface area contributed by atoms with Crippen molar-refractivity contribution in [2.75, 3.05) is 25.0 Å². The number of unbranched alkanes of at least 4 members (excludes halogenated alkanes) is 2. The first-order valence-electron chi connectivity index (χ1n) is 11.1. The van der Waals surface area contributed by atoms with Gasteiger partial charge in [0.25, 0.3) is 0 Å². The first-order valence-corrected chi connectivity index (χ1v) is 11.1. The Morgan fingerprint density at radius 3 is 2.24 bits per heavy atom. The Balaban J connectivity index is 1.65. The highest BCUT2D eigenvalue weighted by Crippen LogP contribution is 2.36. The molecule has 0 aromatic heterocycles. The van der Waals surface area contributed by atoms with Gasteiger partial charge in [0.05, 0.1) is 13.1 Å². The van der Waals surface area contributed by atoms with Crippen molar-refractivity contribution < 1.29 is 28.7 Å². The van der Waals surface area contributed by atoms with Gasteiger partial charge in [0, 0.05) is 18.7 Å². The minimum absolute atomic E-state index is 0.0300. The van der Waals surface area contributed by atoms with Crippen molar-refractivity contribution in [3.63, 3.8) is 0 Å². The maximum absolute atomic E-state index is 12.6. The molecule has 0 heterocycles. The minimum atomic E-state index is -0.983. The average Bonchev–Trinajstić information content (AvgIpc) is 3.59. The monoisotopic (exact) mass is 476 g/mol. The van der Waals surface area contributed by atoms with Gasteiger partial charge in [-0.2, -0.15) is 0 Å². The van der Waals surface area contributed by atoms with Crippen molar-refractivity contribution in [1.29, 1.82) is 0 Å². The molecular formula is C22H32N6O6. The number of carbonyl (C=O) groups is 5. The number of amides is 5. The number of rotatable bonds is 14. The Bertz CT molecular complexity index is 884. The van der Waals surface area contributed by atoms with Crippen LogP contribution in [0.2, 0.25) is 0 Å².